The van der Waals surface area contributed by atoms with Crippen LogP contribution in [-0.4, -0.2) is 4.57 Å². The van der Waals surface area contributed by atoms with E-state index in [9.17, 15) is 0 Å². The molecule has 10 aromatic rings. The van der Waals surface area contributed by atoms with E-state index >= 15 is 0 Å². The maximum absolute atomic E-state index is 8.54. The van der Waals surface area contributed by atoms with Crippen LogP contribution < -0.4 is 4.90 Å². The van der Waals surface area contributed by atoms with Crippen LogP contribution in [0, 0.1) is 0 Å². The molecule has 0 aliphatic carbocycles. The van der Waals surface area contributed by atoms with Crippen molar-refractivity contribution >= 4 is 49.6 Å². The fourth-order valence-electron chi connectivity index (χ4n) is 7.61. The number of para-hydroxylation sites is 2. The summed E-state index contributed by atoms with van der Waals surface area (Å²) in [6.07, 6.45) is 0. The van der Waals surface area contributed by atoms with Crippen molar-refractivity contribution in [2.45, 2.75) is 0 Å². The summed E-state index contributed by atoms with van der Waals surface area (Å²) in [5, 5.41) is 4.65. The van der Waals surface area contributed by atoms with E-state index in [0.29, 0.717) is 5.56 Å². The van der Waals surface area contributed by atoms with Crippen LogP contribution in [0.4, 0.5) is 17.1 Å². The molecule has 0 saturated heterocycles. The number of nitrogens with zero attached hydrogens (tertiary/aromatic N) is 2. The number of benzene rings is 9. The quantitative estimate of drug-likeness (QED) is 0.161. The second-order valence-electron chi connectivity index (χ2n) is 13.5. The summed E-state index contributed by atoms with van der Waals surface area (Å²) in [6, 6.07) is 63.8. The van der Waals surface area contributed by atoms with Gasteiger partial charge in [-0.15, -0.1) is 0 Å². The number of hydrogen-bond donors (Lipinski definition) is 0. The van der Waals surface area contributed by atoms with E-state index in [0.717, 1.165) is 61.3 Å². The molecule has 0 radical (unpaired) electrons. The zero-order chi connectivity index (χ0) is 40.2. The molecule has 0 saturated carbocycles. The van der Waals surface area contributed by atoms with Crippen molar-refractivity contribution in [1.82, 2.24) is 4.57 Å². The van der Waals surface area contributed by atoms with Gasteiger partial charge in [0.05, 0.1) is 17.9 Å². The van der Waals surface area contributed by atoms with Crippen LogP contribution in [0.25, 0.3) is 71.6 Å². The summed E-state index contributed by atoms with van der Waals surface area (Å²) >= 11 is 0. The number of aromatic nitrogens is 1. The molecule has 0 bridgehead atoms. The highest BCUT2D eigenvalue weighted by atomic mass is 15.1. The van der Waals surface area contributed by atoms with Gasteiger partial charge in [-0.1, -0.05) is 152 Å². The summed E-state index contributed by atoms with van der Waals surface area (Å²) in [4.78, 5) is 2.18. The van der Waals surface area contributed by atoms with Crippen molar-refractivity contribution in [2.24, 2.45) is 0 Å². The van der Waals surface area contributed by atoms with Gasteiger partial charge in [-0.05, 0) is 111 Å². The fourth-order valence-corrected chi connectivity index (χ4v) is 7.61. The predicted octanol–water partition coefficient (Wildman–Crippen LogP) is 14.4. The van der Waals surface area contributed by atoms with E-state index < -0.39 is 6.04 Å². The summed E-state index contributed by atoms with van der Waals surface area (Å²) in [5.74, 6) is 0. The topological polar surface area (TPSA) is 8.17 Å². The lowest BCUT2D eigenvalue weighted by molar-refractivity contribution is 1.18. The van der Waals surface area contributed by atoms with E-state index in [1.165, 1.54) is 16.3 Å². The van der Waals surface area contributed by atoms with E-state index in [1.54, 1.807) is 0 Å². The molecule has 2 heteroatoms. The molecule has 1 aromatic heterocycles. The number of anilines is 3. The molecular formula is C52H36N2. The highest BCUT2D eigenvalue weighted by molar-refractivity contribution is 6.10. The highest BCUT2D eigenvalue weighted by Crippen LogP contribution is 2.40. The molecule has 0 aliphatic heterocycles. The predicted molar refractivity (Wildman–Crippen MR) is 229 cm³/mol. The number of fused-ring (bicyclic) bond motifs is 4. The summed E-state index contributed by atoms with van der Waals surface area (Å²) in [6.45, 7) is 0. The molecule has 10 rings (SSSR count). The van der Waals surface area contributed by atoms with Gasteiger partial charge in [0.1, 0.15) is 0 Å². The third kappa shape index (κ3) is 5.71. The van der Waals surface area contributed by atoms with Gasteiger partial charge in [0.2, 0.25) is 0 Å². The maximum Gasteiger partial charge on any atom is 0.0629 e. The molecule has 254 valence electrons. The van der Waals surface area contributed by atoms with Crippen LogP contribution in [0.2, 0.25) is 0 Å². The molecule has 0 aliphatic rings. The van der Waals surface area contributed by atoms with Crippen LogP contribution in [0.5, 0.6) is 0 Å². The molecule has 2 nitrogen and oxygen atoms in total. The minimum Gasteiger partial charge on any atom is -0.310 e. The Kier molecular flexibility index (Phi) is 6.61. The zero-order valence-corrected chi connectivity index (χ0v) is 29.3. The average molecular weight is 694 g/mol. The van der Waals surface area contributed by atoms with E-state index in [-0.39, 0.29) is 29.7 Å². The second kappa shape index (κ2) is 13.4. The largest absolute Gasteiger partial charge is 0.310 e. The highest BCUT2D eigenvalue weighted by Gasteiger charge is 2.16. The molecule has 1 heterocycles. The monoisotopic (exact) mass is 693 g/mol. The smallest absolute Gasteiger partial charge is 0.0629 e. The first-order chi connectivity index (χ1) is 28.8. The van der Waals surface area contributed by atoms with Crippen molar-refractivity contribution in [3.8, 4) is 39.1 Å². The molecule has 0 spiro atoms. The molecule has 0 atom stereocenters. The Morgan fingerprint density at radius 1 is 0.352 bits per heavy atom. The third-order valence-electron chi connectivity index (χ3n) is 10.3. The van der Waals surface area contributed by atoms with E-state index in [1.807, 2.05) is 48.5 Å². The lowest BCUT2D eigenvalue weighted by Crippen LogP contribution is -2.09. The van der Waals surface area contributed by atoms with Gasteiger partial charge in [0.25, 0.3) is 0 Å². The van der Waals surface area contributed by atoms with E-state index in [2.05, 4.69) is 149 Å². The van der Waals surface area contributed by atoms with Gasteiger partial charge in [0.15, 0.2) is 0 Å². The minimum absolute atomic E-state index is 0.184. The van der Waals surface area contributed by atoms with Gasteiger partial charge in [-0.2, -0.15) is 0 Å². The molecule has 54 heavy (non-hydrogen) atoms. The zero-order valence-electron chi connectivity index (χ0n) is 34.3. The van der Waals surface area contributed by atoms with Crippen LogP contribution in [0.15, 0.2) is 218 Å². The van der Waals surface area contributed by atoms with Gasteiger partial charge in [0, 0.05) is 33.5 Å². The van der Waals surface area contributed by atoms with Gasteiger partial charge >= 0.3 is 0 Å². The Hall–Kier alpha value is -7.16. The first-order valence-electron chi connectivity index (χ1n) is 20.6. The van der Waals surface area contributed by atoms with E-state index in [4.69, 9.17) is 6.85 Å². The van der Waals surface area contributed by atoms with Crippen molar-refractivity contribution < 1.29 is 6.85 Å². The Labute approximate surface area is 322 Å². The maximum atomic E-state index is 8.54. The third-order valence-corrected chi connectivity index (χ3v) is 10.3. The Morgan fingerprint density at radius 3 is 1.61 bits per heavy atom. The summed E-state index contributed by atoms with van der Waals surface area (Å²) in [7, 11) is 0. The molecule has 0 N–H and O–H groups in total. The molecule has 9 aromatic carbocycles. The van der Waals surface area contributed by atoms with Crippen LogP contribution in [0.1, 0.15) is 6.85 Å². The second-order valence-corrected chi connectivity index (χ2v) is 13.5. The lowest BCUT2D eigenvalue weighted by atomic mass is 9.99. The fraction of sp³-hybridized carbons (Fsp3) is 0. The van der Waals surface area contributed by atoms with Gasteiger partial charge < -0.3 is 9.47 Å². The van der Waals surface area contributed by atoms with Crippen LogP contribution in [-0.2, 0) is 0 Å². The molecule has 0 amide bonds. The van der Waals surface area contributed by atoms with Gasteiger partial charge in [-0.25, -0.2) is 0 Å². The van der Waals surface area contributed by atoms with Crippen LogP contribution >= 0.6 is 0 Å². The minimum atomic E-state index is -0.401. The number of rotatable bonds is 7. The standard InChI is InChI=1S/C52H36N2/c1-4-12-37(13-5-1)39-22-28-46(29-23-39)53(47-30-24-40(25-31-47)38-14-6-2-7-15-38)48-32-26-42-34-41(20-21-43(42)35-48)44-27-33-50-49-18-10-11-19-51(49)54(52(50)36-44)45-16-8-3-9-17-45/h1-36H/i1D,4D,5D,12D,13D. The molecule has 0 unspecified atom stereocenters. The van der Waals surface area contributed by atoms with Crippen molar-refractivity contribution in [1.29, 1.82) is 0 Å². The first kappa shape index (κ1) is 26.6. The van der Waals surface area contributed by atoms with Crippen molar-refractivity contribution in [3.63, 3.8) is 0 Å². The van der Waals surface area contributed by atoms with Gasteiger partial charge in [-0.3, -0.25) is 0 Å². The van der Waals surface area contributed by atoms with Crippen molar-refractivity contribution in [3.05, 3.63) is 218 Å². The molecular weight excluding hydrogens is 653 g/mol. The number of hydrogen-bond acceptors (Lipinski definition) is 1. The summed E-state index contributed by atoms with van der Waals surface area (Å²) in [5.41, 5.74) is 11.5. The normalized spacial score (nSPS) is 12.6. The Morgan fingerprint density at radius 2 is 0.870 bits per heavy atom. The SMILES string of the molecule is [2H]c1c([2H])c([2H])c(-c2ccc(N(c3ccc(-c4ccccc4)cc3)c3ccc4cc(-c5ccc6c7ccccc7n(-c7ccccc7)c6c5)ccc4c3)cc2)c([2H])c1[2H]. The summed E-state index contributed by atoms with van der Waals surface area (Å²) < 4.78 is 43.9. The Balaban J connectivity index is 1.05. The molecule has 0 fully saturated rings. The average Bonchev–Trinajstić information content (AvgIpc) is 3.62. The first-order valence-corrected chi connectivity index (χ1v) is 18.1. The van der Waals surface area contributed by atoms with Crippen molar-refractivity contribution in [2.75, 3.05) is 4.90 Å². The lowest BCUT2D eigenvalue weighted by Gasteiger charge is -2.26. The Bertz CT molecular complexity index is 3170. The van der Waals surface area contributed by atoms with Crippen LogP contribution in [0.3, 0.4) is 0 Å².